The summed E-state index contributed by atoms with van der Waals surface area (Å²) in [4.78, 5) is 12.1. The van der Waals surface area contributed by atoms with E-state index in [-0.39, 0.29) is 11.3 Å². The molecule has 1 aromatic carbocycles. The first-order chi connectivity index (χ1) is 9.21. The molecule has 1 aromatic rings. The van der Waals surface area contributed by atoms with Gasteiger partial charge in [-0.05, 0) is 30.2 Å². The molecule has 1 atom stereocenters. The van der Waals surface area contributed by atoms with Gasteiger partial charge in [-0.1, -0.05) is 57.5 Å². The molecule has 0 saturated heterocycles. The average molecular weight is 276 g/mol. The van der Waals surface area contributed by atoms with E-state index in [4.69, 9.17) is 5.73 Å². The Morgan fingerprint density at radius 2 is 1.80 bits per heavy atom. The molecule has 0 saturated carbocycles. The zero-order valence-electron chi connectivity index (χ0n) is 13.4. The van der Waals surface area contributed by atoms with Gasteiger partial charge >= 0.3 is 0 Å². The summed E-state index contributed by atoms with van der Waals surface area (Å²) in [6, 6.07) is 7.19. The molecule has 1 unspecified atom stereocenters. The van der Waals surface area contributed by atoms with Crippen LogP contribution in [-0.4, -0.2) is 12.5 Å². The number of carbonyl (C=O) groups is 1. The number of nitrogens with two attached hydrogens (primary N) is 1. The van der Waals surface area contributed by atoms with Gasteiger partial charge in [0.15, 0.2) is 0 Å². The van der Waals surface area contributed by atoms with Crippen molar-refractivity contribution >= 4 is 5.91 Å². The molecule has 0 aliphatic carbocycles. The molecule has 3 N–H and O–H groups in total. The standard InChI is InChI=1S/C17H28N2O/c1-12(2)10-17(4,5)11-19-16(20)15(18)14-8-6-13(3)7-9-14/h6-9,12,15H,10-11,18H2,1-5H3,(H,19,20). The number of nitrogens with one attached hydrogen (secondary N) is 1. The number of rotatable bonds is 6. The fraction of sp³-hybridized carbons (Fsp3) is 0.588. The smallest absolute Gasteiger partial charge is 0.241 e. The summed E-state index contributed by atoms with van der Waals surface area (Å²) in [7, 11) is 0. The fourth-order valence-corrected chi connectivity index (χ4v) is 2.54. The molecule has 0 radical (unpaired) electrons. The highest BCUT2D eigenvalue weighted by atomic mass is 16.2. The van der Waals surface area contributed by atoms with Crippen LogP contribution in [-0.2, 0) is 4.79 Å². The summed E-state index contributed by atoms with van der Waals surface area (Å²) in [5, 5.41) is 2.98. The number of aryl methyl sites for hydroxylation is 1. The maximum Gasteiger partial charge on any atom is 0.241 e. The molecule has 112 valence electrons. The lowest BCUT2D eigenvalue weighted by molar-refractivity contribution is -0.123. The number of amides is 1. The first kappa shape index (κ1) is 16.7. The quantitative estimate of drug-likeness (QED) is 0.838. The van der Waals surface area contributed by atoms with E-state index in [0.717, 1.165) is 12.0 Å². The van der Waals surface area contributed by atoms with Crippen molar-refractivity contribution in [3.8, 4) is 0 Å². The van der Waals surface area contributed by atoms with E-state index in [1.165, 1.54) is 5.56 Å². The Hall–Kier alpha value is -1.35. The number of carbonyl (C=O) groups excluding carboxylic acids is 1. The lowest BCUT2D eigenvalue weighted by atomic mass is 9.84. The maximum absolute atomic E-state index is 12.1. The van der Waals surface area contributed by atoms with Gasteiger partial charge in [-0.15, -0.1) is 0 Å². The van der Waals surface area contributed by atoms with Crippen molar-refractivity contribution in [1.29, 1.82) is 0 Å². The van der Waals surface area contributed by atoms with E-state index in [2.05, 4.69) is 33.0 Å². The van der Waals surface area contributed by atoms with Gasteiger partial charge in [-0.3, -0.25) is 4.79 Å². The lowest BCUT2D eigenvalue weighted by Gasteiger charge is -2.27. The maximum atomic E-state index is 12.1. The molecular weight excluding hydrogens is 248 g/mol. The zero-order valence-corrected chi connectivity index (χ0v) is 13.4. The zero-order chi connectivity index (χ0) is 15.3. The second kappa shape index (κ2) is 6.89. The molecule has 1 rings (SSSR count). The number of benzene rings is 1. The minimum Gasteiger partial charge on any atom is -0.354 e. The third-order valence-corrected chi connectivity index (χ3v) is 3.42. The largest absolute Gasteiger partial charge is 0.354 e. The predicted octanol–water partition coefficient (Wildman–Crippen LogP) is 3.18. The van der Waals surface area contributed by atoms with Crippen LogP contribution in [0.25, 0.3) is 0 Å². The molecule has 0 spiro atoms. The van der Waals surface area contributed by atoms with Crippen molar-refractivity contribution in [1.82, 2.24) is 5.32 Å². The highest BCUT2D eigenvalue weighted by molar-refractivity contribution is 5.82. The van der Waals surface area contributed by atoms with Gasteiger partial charge in [0.05, 0.1) is 0 Å². The average Bonchev–Trinajstić information content (AvgIpc) is 2.34. The number of hydrogen-bond acceptors (Lipinski definition) is 2. The van der Waals surface area contributed by atoms with Crippen molar-refractivity contribution in [3.05, 3.63) is 35.4 Å². The van der Waals surface area contributed by atoms with E-state index < -0.39 is 6.04 Å². The molecule has 3 nitrogen and oxygen atoms in total. The van der Waals surface area contributed by atoms with Crippen LogP contribution in [0.4, 0.5) is 0 Å². The molecule has 0 fully saturated rings. The van der Waals surface area contributed by atoms with Gasteiger partial charge in [0.1, 0.15) is 6.04 Å². The Morgan fingerprint density at radius 3 is 2.30 bits per heavy atom. The monoisotopic (exact) mass is 276 g/mol. The summed E-state index contributed by atoms with van der Waals surface area (Å²) in [6.45, 7) is 11.4. The fourth-order valence-electron chi connectivity index (χ4n) is 2.54. The highest BCUT2D eigenvalue weighted by Crippen LogP contribution is 2.24. The lowest BCUT2D eigenvalue weighted by Crippen LogP contribution is -2.40. The molecular formula is C17H28N2O. The Balaban J connectivity index is 2.56. The van der Waals surface area contributed by atoms with Gasteiger partial charge in [0.2, 0.25) is 5.91 Å². The second-order valence-electron chi connectivity index (χ2n) is 6.87. The molecule has 3 heteroatoms. The van der Waals surface area contributed by atoms with Crippen LogP contribution in [0.3, 0.4) is 0 Å². The van der Waals surface area contributed by atoms with Crippen LogP contribution < -0.4 is 11.1 Å². The van der Waals surface area contributed by atoms with Crippen molar-refractivity contribution in [3.63, 3.8) is 0 Å². The first-order valence-electron chi connectivity index (χ1n) is 7.31. The third-order valence-electron chi connectivity index (χ3n) is 3.42. The Morgan fingerprint density at radius 1 is 1.25 bits per heavy atom. The summed E-state index contributed by atoms with van der Waals surface area (Å²) >= 11 is 0. The van der Waals surface area contributed by atoms with Crippen LogP contribution in [0, 0.1) is 18.3 Å². The molecule has 20 heavy (non-hydrogen) atoms. The second-order valence-corrected chi connectivity index (χ2v) is 6.87. The van der Waals surface area contributed by atoms with Crippen LogP contribution >= 0.6 is 0 Å². The molecule has 1 amide bonds. The van der Waals surface area contributed by atoms with Gasteiger partial charge in [0.25, 0.3) is 0 Å². The van der Waals surface area contributed by atoms with Crippen LogP contribution in [0.15, 0.2) is 24.3 Å². The molecule has 0 aliphatic heterocycles. The van der Waals surface area contributed by atoms with Gasteiger partial charge in [0, 0.05) is 6.54 Å². The van der Waals surface area contributed by atoms with Crippen LogP contribution in [0.1, 0.15) is 51.3 Å². The highest BCUT2D eigenvalue weighted by Gasteiger charge is 2.22. The van der Waals surface area contributed by atoms with Crippen LogP contribution in [0.5, 0.6) is 0 Å². The van der Waals surface area contributed by atoms with E-state index >= 15 is 0 Å². The minimum atomic E-state index is -0.592. The van der Waals surface area contributed by atoms with Crippen molar-refractivity contribution in [2.75, 3.05) is 6.54 Å². The SMILES string of the molecule is Cc1ccc(C(N)C(=O)NCC(C)(C)CC(C)C)cc1. The Kier molecular flexibility index (Phi) is 5.75. The van der Waals surface area contributed by atoms with Gasteiger partial charge in [-0.2, -0.15) is 0 Å². The molecule has 0 aromatic heterocycles. The predicted molar refractivity (Wildman–Crippen MR) is 84.4 cm³/mol. The van der Waals surface area contributed by atoms with Crippen molar-refractivity contribution in [2.45, 2.75) is 47.1 Å². The molecule has 0 bridgehead atoms. The van der Waals surface area contributed by atoms with Crippen molar-refractivity contribution in [2.24, 2.45) is 17.1 Å². The van der Waals surface area contributed by atoms with E-state index in [1.54, 1.807) is 0 Å². The first-order valence-corrected chi connectivity index (χ1v) is 7.31. The molecule has 0 heterocycles. The van der Waals surface area contributed by atoms with E-state index in [0.29, 0.717) is 12.5 Å². The Bertz CT molecular complexity index is 435. The summed E-state index contributed by atoms with van der Waals surface area (Å²) < 4.78 is 0. The van der Waals surface area contributed by atoms with E-state index in [1.807, 2.05) is 31.2 Å². The van der Waals surface area contributed by atoms with Gasteiger partial charge < -0.3 is 11.1 Å². The minimum absolute atomic E-state index is 0.0941. The summed E-state index contributed by atoms with van der Waals surface area (Å²) in [5.41, 5.74) is 8.12. The third kappa shape index (κ3) is 5.33. The summed E-state index contributed by atoms with van der Waals surface area (Å²) in [5.74, 6) is 0.512. The van der Waals surface area contributed by atoms with Crippen LogP contribution in [0.2, 0.25) is 0 Å². The topological polar surface area (TPSA) is 55.1 Å². The number of hydrogen-bond donors (Lipinski definition) is 2. The molecule has 0 aliphatic rings. The Labute approximate surface area is 122 Å². The van der Waals surface area contributed by atoms with Gasteiger partial charge in [-0.25, -0.2) is 0 Å². The summed E-state index contributed by atoms with van der Waals surface area (Å²) in [6.07, 6.45) is 1.08. The normalized spacial score (nSPS) is 13.3. The van der Waals surface area contributed by atoms with Crippen molar-refractivity contribution < 1.29 is 4.79 Å². The van der Waals surface area contributed by atoms with E-state index in [9.17, 15) is 4.79 Å².